The van der Waals surface area contributed by atoms with E-state index in [1.54, 1.807) is 6.07 Å². The Bertz CT molecular complexity index is 560. The number of carbonyl (C=O) groups is 2. The zero-order valence-electron chi connectivity index (χ0n) is 9.59. The second kappa shape index (κ2) is 4.83. The fourth-order valence-corrected chi connectivity index (χ4v) is 1.44. The van der Waals surface area contributed by atoms with Gasteiger partial charge in [0.25, 0.3) is 11.8 Å². The van der Waals surface area contributed by atoms with Gasteiger partial charge >= 0.3 is 0 Å². The van der Waals surface area contributed by atoms with Gasteiger partial charge in [0.05, 0.1) is 6.26 Å². The van der Waals surface area contributed by atoms with Gasteiger partial charge in [0.1, 0.15) is 5.82 Å². The first-order valence-corrected chi connectivity index (χ1v) is 5.21. The SMILES string of the molecule is CN(C(=O)c1ccc(F)cc1)C(=O)c1ccco1. The van der Waals surface area contributed by atoms with Crippen molar-refractivity contribution in [3.63, 3.8) is 0 Å². The van der Waals surface area contributed by atoms with Gasteiger partial charge in [0.15, 0.2) is 5.76 Å². The van der Waals surface area contributed by atoms with Crippen LogP contribution in [0.2, 0.25) is 0 Å². The van der Waals surface area contributed by atoms with Crippen molar-refractivity contribution < 1.29 is 18.4 Å². The van der Waals surface area contributed by atoms with E-state index in [4.69, 9.17) is 4.42 Å². The molecular formula is C13H10FNO3. The molecule has 0 bridgehead atoms. The van der Waals surface area contributed by atoms with E-state index in [2.05, 4.69) is 0 Å². The van der Waals surface area contributed by atoms with E-state index in [0.29, 0.717) is 0 Å². The number of hydrogen-bond donors (Lipinski definition) is 0. The summed E-state index contributed by atoms with van der Waals surface area (Å²) in [6.07, 6.45) is 1.35. The van der Waals surface area contributed by atoms with Crippen molar-refractivity contribution in [1.82, 2.24) is 4.90 Å². The number of carbonyl (C=O) groups excluding carboxylic acids is 2. The Morgan fingerprint density at radius 1 is 1.11 bits per heavy atom. The third-order valence-electron chi connectivity index (χ3n) is 2.43. The van der Waals surface area contributed by atoms with Crippen molar-refractivity contribution in [2.75, 3.05) is 7.05 Å². The summed E-state index contributed by atoms with van der Waals surface area (Å²) in [6.45, 7) is 0. The highest BCUT2D eigenvalue weighted by Crippen LogP contribution is 2.10. The van der Waals surface area contributed by atoms with Crippen LogP contribution in [0, 0.1) is 5.82 Å². The van der Waals surface area contributed by atoms with Crippen LogP contribution in [-0.2, 0) is 0 Å². The van der Waals surface area contributed by atoms with Crippen LogP contribution < -0.4 is 0 Å². The van der Waals surface area contributed by atoms with Crippen LogP contribution in [0.1, 0.15) is 20.9 Å². The van der Waals surface area contributed by atoms with E-state index in [1.165, 1.54) is 43.6 Å². The normalized spacial score (nSPS) is 10.1. The van der Waals surface area contributed by atoms with Crippen LogP contribution in [0.3, 0.4) is 0 Å². The lowest BCUT2D eigenvalue weighted by Gasteiger charge is -2.13. The summed E-state index contributed by atoms with van der Waals surface area (Å²) in [4.78, 5) is 24.7. The molecule has 0 N–H and O–H groups in total. The molecule has 0 spiro atoms. The van der Waals surface area contributed by atoms with Crippen LogP contribution in [0.25, 0.3) is 0 Å². The van der Waals surface area contributed by atoms with Crippen molar-refractivity contribution in [3.8, 4) is 0 Å². The molecule has 92 valence electrons. The van der Waals surface area contributed by atoms with E-state index >= 15 is 0 Å². The van der Waals surface area contributed by atoms with Crippen molar-refractivity contribution in [2.45, 2.75) is 0 Å². The Balaban J connectivity index is 2.19. The molecule has 0 aliphatic carbocycles. The molecular weight excluding hydrogens is 237 g/mol. The molecule has 0 unspecified atom stereocenters. The second-order valence-electron chi connectivity index (χ2n) is 3.65. The monoisotopic (exact) mass is 247 g/mol. The number of nitrogens with zero attached hydrogens (tertiary/aromatic N) is 1. The van der Waals surface area contributed by atoms with Crippen molar-refractivity contribution in [2.24, 2.45) is 0 Å². The highest BCUT2D eigenvalue weighted by molar-refractivity contribution is 6.09. The topological polar surface area (TPSA) is 50.5 Å². The summed E-state index contributed by atoms with van der Waals surface area (Å²) in [6, 6.07) is 8.00. The predicted octanol–water partition coefficient (Wildman–Crippen LogP) is 2.33. The van der Waals surface area contributed by atoms with E-state index in [1.807, 2.05) is 0 Å². The number of amides is 2. The molecule has 0 aliphatic heterocycles. The Kier molecular flexibility index (Phi) is 3.23. The van der Waals surface area contributed by atoms with Gasteiger partial charge in [0.2, 0.25) is 0 Å². The van der Waals surface area contributed by atoms with Gasteiger partial charge in [-0.05, 0) is 36.4 Å². The Morgan fingerprint density at radius 3 is 2.33 bits per heavy atom. The van der Waals surface area contributed by atoms with E-state index in [-0.39, 0.29) is 11.3 Å². The first-order chi connectivity index (χ1) is 8.59. The molecule has 2 amide bonds. The maximum absolute atomic E-state index is 12.7. The first kappa shape index (κ1) is 12.0. The first-order valence-electron chi connectivity index (χ1n) is 5.21. The number of halogens is 1. The molecule has 0 radical (unpaired) electrons. The van der Waals surface area contributed by atoms with Gasteiger partial charge in [-0.3, -0.25) is 14.5 Å². The molecule has 1 heterocycles. The molecule has 0 saturated carbocycles. The lowest BCUT2D eigenvalue weighted by atomic mass is 10.2. The molecule has 0 atom stereocenters. The summed E-state index contributed by atoms with van der Waals surface area (Å²) >= 11 is 0. The number of rotatable bonds is 2. The molecule has 0 aliphatic rings. The standard InChI is InChI=1S/C13H10FNO3/c1-15(13(17)11-3-2-8-18-11)12(16)9-4-6-10(14)7-5-9/h2-8H,1H3. The summed E-state index contributed by atoms with van der Waals surface area (Å²) in [5, 5.41) is 0. The molecule has 5 heteroatoms. The van der Waals surface area contributed by atoms with Crippen LogP contribution in [0.5, 0.6) is 0 Å². The molecule has 0 saturated heterocycles. The summed E-state index contributed by atoms with van der Waals surface area (Å²) < 4.78 is 17.6. The molecule has 2 aromatic rings. The van der Waals surface area contributed by atoms with E-state index < -0.39 is 17.6 Å². The minimum Gasteiger partial charge on any atom is -0.459 e. The van der Waals surface area contributed by atoms with Gasteiger partial charge in [-0.2, -0.15) is 0 Å². The van der Waals surface area contributed by atoms with Gasteiger partial charge in [-0.15, -0.1) is 0 Å². The predicted molar refractivity (Wildman–Crippen MR) is 61.5 cm³/mol. The lowest BCUT2D eigenvalue weighted by Crippen LogP contribution is -2.32. The molecule has 2 rings (SSSR count). The van der Waals surface area contributed by atoms with Crippen LogP contribution in [0.15, 0.2) is 47.1 Å². The summed E-state index contributed by atoms with van der Waals surface area (Å²) in [7, 11) is 1.34. The van der Waals surface area contributed by atoms with Crippen molar-refractivity contribution >= 4 is 11.8 Å². The Morgan fingerprint density at radius 2 is 1.78 bits per heavy atom. The molecule has 4 nitrogen and oxygen atoms in total. The van der Waals surface area contributed by atoms with E-state index in [0.717, 1.165) is 4.90 Å². The average molecular weight is 247 g/mol. The minimum absolute atomic E-state index is 0.0768. The fourth-order valence-electron chi connectivity index (χ4n) is 1.44. The molecule has 18 heavy (non-hydrogen) atoms. The number of hydrogen-bond acceptors (Lipinski definition) is 3. The highest BCUT2D eigenvalue weighted by Gasteiger charge is 2.21. The number of furan rings is 1. The second-order valence-corrected chi connectivity index (χ2v) is 3.65. The zero-order chi connectivity index (χ0) is 13.1. The van der Waals surface area contributed by atoms with Gasteiger partial charge in [0, 0.05) is 12.6 Å². The van der Waals surface area contributed by atoms with Crippen molar-refractivity contribution in [3.05, 3.63) is 59.8 Å². The maximum atomic E-state index is 12.7. The fraction of sp³-hybridized carbons (Fsp3) is 0.0769. The van der Waals surface area contributed by atoms with Crippen molar-refractivity contribution in [1.29, 1.82) is 0 Å². The van der Waals surface area contributed by atoms with Gasteiger partial charge in [-0.1, -0.05) is 0 Å². The average Bonchev–Trinajstić information content (AvgIpc) is 2.91. The molecule has 1 aromatic heterocycles. The van der Waals surface area contributed by atoms with Crippen LogP contribution in [0.4, 0.5) is 4.39 Å². The Labute approximate surface area is 103 Å². The third-order valence-corrected chi connectivity index (χ3v) is 2.43. The third kappa shape index (κ3) is 2.29. The lowest BCUT2D eigenvalue weighted by molar-refractivity contribution is 0.0637. The zero-order valence-corrected chi connectivity index (χ0v) is 9.59. The largest absolute Gasteiger partial charge is 0.459 e. The molecule has 0 fully saturated rings. The smallest absolute Gasteiger partial charge is 0.296 e. The Hall–Kier alpha value is -2.43. The van der Waals surface area contributed by atoms with Gasteiger partial charge in [-0.25, -0.2) is 4.39 Å². The quantitative estimate of drug-likeness (QED) is 0.765. The van der Waals surface area contributed by atoms with E-state index in [9.17, 15) is 14.0 Å². The number of imide groups is 1. The van der Waals surface area contributed by atoms with Crippen LogP contribution >= 0.6 is 0 Å². The minimum atomic E-state index is -0.547. The summed E-state index contributed by atoms with van der Waals surface area (Å²) in [5.41, 5.74) is 0.235. The maximum Gasteiger partial charge on any atom is 0.296 e. The number of benzene rings is 1. The van der Waals surface area contributed by atoms with Crippen LogP contribution in [-0.4, -0.2) is 23.8 Å². The van der Waals surface area contributed by atoms with Gasteiger partial charge < -0.3 is 4.42 Å². The molecule has 1 aromatic carbocycles. The summed E-state index contributed by atoms with van der Waals surface area (Å²) in [5.74, 6) is -1.43. The highest BCUT2D eigenvalue weighted by atomic mass is 19.1.